The number of ether oxygens (including phenoxy) is 2. The van der Waals surface area contributed by atoms with Gasteiger partial charge in [-0.25, -0.2) is 4.39 Å². The Labute approximate surface area is 150 Å². The van der Waals surface area contributed by atoms with E-state index in [1.54, 1.807) is 24.3 Å². The lowest BCUT2D eigenvalue weighted by Crippen LogP contribution is -2.17. The summed E-state index contributed by atoms with van der Waals surface area (Å²) in [4.78, 5) is 12.2. The van der Waals surface area contributed by atoms with Gasteiger partial charge in [-0.1, -0.05) is 23.7 Å². The number of carbonyl (C=O) groups is 1. The smallest absolute Gasteiger partial charge is 0.228 e. The van der Waals surface area contributed by atoms with E-state index < -0.39 is 5.82 Å². The van der Waals surface area contributed by atoms with Crippen molar-refractivity contribution in [3.8, 4) is 5.75 Å². The van der Waals surface area contributed by atoms with Gasteiger partial charge in [0.05, 0.1) is 12.5 Å². The largest absolute Gasteiger partial charge is 0.491 e. The van der Waals surface area contributed by atoms with E-state index in [4.69, 9.17) is 21.1 Å². The molecule has 2 aromatic rings. The Balaban J connectivity index is 1.58. The molecule has 0 bridgehead atoms. The van der Waals surface area contributed by atoms with Crippen molar-refractivity contribution < 1.29 is 18.7 Å². The lowest BCUT2D eigenvalue weighted by molar-refractivity contribution is -0.115. The van der Waals surface area contributed by atoms with Gasteiger partial charge in [0, 0.05) is 28.9 Å². The van der Waals surface area contributed by atoms with Crippen LogP contribution in [0.1, 0.15) is 18.4 Å². The molecule has 4 nitrogen and oxygen atoms in total. The first kappa shape index (κ1) is 17.7. The van der Waals surface area contributed by atoms with Gasteiger partial charge in [-0.15, -0.1) is 0 Å². The molecule has 1 aliphatic rings. The van der Waals surface area contributed by atoms with Crippen molar-refractivity contribution in [3.63, 3.8) is 0 Å². The normalized spacial score (nSPS) is 16.6. The maximum absolute atomic E-state index is 13.8. The van der Waals surface area contributed by atoms with Crippen LogP contribution in [0.15, 0.2) is 42.5 Å². The highest BCUT2D eigenvalue weighted by molar-refractivity contribution is 6.31. The number of carbonyl (C=O) groups excluding carboxylic acids is 1. The molecule has 0 unspecified atom stereocenters. The highest BCUT2D eigenvalue weighted by atomic mass is 35.5. The number of halogens is 2. The van der Waals surface area contributed by atoms with Gasteiger partial charge in [0.2, 0.25) is 5.91 Å². The molecule has 6 heteroatoms. The molecule has 25 heavy (non-hydrogen) atoms. The molecule has 132 valence electrons. The predicted molar refractivity (Wildman–Crippen MR) is 94.7 cm³/mol. The summed E-state index contributed by atoms with van der Waals surface area (Å²) in [7, 11) is 0. The van der Waals surface area contributed by atoms with Gasteiger partial charge in [-0.2, -0.15) is 0 Å². The average Bonchev–Trinajstić information content (AvgIpc) is 3.10. The molecule has 0 aromatic heterocycles. The van der Waals surface area contributed by atoms with Gasteiger partial charge in [-0.05, 0) is 37.1 Å². The summed E-state index contributed by atoms with van der Waals surface area (Å²) in [5.74, 6) is -0.184. The minimum atomic E-state index is -0.490. The van der Waals surface area contributed by atoms with Crippen LogP contribution in [0.5, 0.6) is 5.75 Å². The standard InChI is InChI=1S/C19H19ClFNO3/c20-17-7-2-8-18(21)16(17)11-19(23)22-13-4-1-5-14(10-13)25-12-15-6-3-9-24-15/h1-2,4-5,7-8,10,15H,3,6,9,11-12H2,(H,22,23)/t15-/m0/s1. The van der Waals surface area contributed by atoms with Gasteiger partial charge in [0.1, 0.15) is 18.2 Å². The Hall–Kier alpha value is -2.11. The first-order valence-corrected chi connectivity index (χ1v) is 8.57. The molecule has 1 saturated heterocycles. The number of anilines is 1. The van der Waals surface area contributed by atoms with Crippen LogP contribution in [-0.2, 0) is 16.0 Å². The van der Waals surface area contributed by atoms with Crippen molar-refractivity contribution in [2.45, 2.75) is 25.4 Å². The van der Waals surface area contributed by atoms with Crippen molar-refractivity contribution in [3.05, 3.63) is 58.9 Å². The number of benzene rings is 2. The van der Waals surface area contributed by atoms with Crippen molar-refractivity contribution in [2.24, 2.45) is 0 Å². The van der Waals surface area contributed by atoms with Crippen LogP contribution in [-0.4, -0.2) is 25.2 Å². The summed E-state index contributed by atoms with van der Waals surface area (Å²) < 4.78 is 25.0. The molecule has 1 heterocycles. The van der Waals surface area contributed by atoms with Crippen molar-refractivity contribution in [1.29, 1.82) is 0 Å². The molecule has 1 atom stereocenters. The van der Waals surface area contributed by atoms with Gasteiger partial charge in [-0.3, -0.25) is 4.79 Å². The summed E-state index contributed by atoms with van der Waals surface area (Å²) >= 11 is 5.95. The van der Waals surface area contributed by atoms with E-state index in [0.29, 0.717) is 18.0 Å². The van der Waals surface area contributed by atoms with Gasteiger partial charge in [0.25, 0.3) is 0 Å². The second-order valence-electron chi connectivity index (χ2n) is 5.90. The monoisotopic (exact) mass is 363 g/mol. The van der Waals surface area contributed by atoms with Crippen LogP contribution in [0.25, 0.3) is 0 Å². The van der Waals surface area contributed by atoms with E-state index in [-0.39, 0.29) is 29.0 Å². The Bertz CT molecular complexity index is 727. The fraction of sp³-hybridized carbons (Fsp3) is 0.316. The van der Waals surface area contributed by atoms with Crippen molar-refractivity contribution >= 4 is 23.2 Å². The van der Waals surface area contributed by atoms with E-state index in [2.05, 4.69) is 5.32 Å². The Morgan fingerprint density at radius 2 is 2.16 bits per heavy atom. The second kappa shape index (κ2) is 8.32. The number of hydrogen-bond donors (Lipinski definition) is 1. The van der Waals surface area contributed by atoms with E-state index in [1.807, 2.05) is 6.07 Å². The molecule has 1 N–H and O–H groups in total. The third-order valence-corrected chi connectivity index (χ3v) is 4.33. The van der Waals surface area contributed by atoms with E-state index in [9.17, 15) is 9.18 Å². The Morgan fingerprint density at radius 3 is 2.92 bits per heavy atom. The second-order valence-corrected chi connectivity index (χ2v) is 6.31. The molecule has 0 spiro atoms. The summed E-state index contributed by atoms with van der Waals surface area (Å²) in [5.41, 5.74) is 0.773. The Kier molecular flexibility index (Phi) is 5.89. The van der Waals surface area contributed by atoms with Gasteiger partial charge in [0.15, 0.2) is 0 Å². The number of amides is 1. The molecule has 2 aromatic carbocycles. The average molecular weight is 364 g/mol. The molecule has 1 fully saturated rings. The maximum atomic E-state index is 13.8. The van der Waals surface area contributed by atoms with Crippen molar-refractivity contribution in [2.75, 3.05) is 18.5 Å². The lowest BCUT2D eigenvalue weighted by atomic mass is 10.1. The van der Waals surface area contributed by atoms with E-state index in [0.717, 1.165) is 19.4 Å². The van der Waals surface area contributed by atoms with Crippen LogP contribution >= 0.6 is 11.6 Å². The van der Waals surface area contributed by atoms with Crippen LogP contribution in [0, 0.1) is 5.82 Å². The zero-order chi connectivity index (χ0) is 17.6. The van der Waals surface area contributed by atoms with Crippen LogP contribution in [0.2, 0.25) is 5.02 Å². The zero-order valence-electron chi connectivity index (χ0n) is 13.6. The first-order valence-electron chi connectivity index (χ1n) is 8.19. The fourth-order valence-corrected chi connectivity index (χ4v) is 2.93. The highest BCUT2D eigenvalue weighted by Gasteiger charge is 2.16. The van der Waals surface area contributed by atoms with E-state index >= 15 is 0 Å². The molecule has 1 aliphatic heterocycles. The summed E-state index contributed by atoms with van der Waals surface area (Å²) in [5, 5.41) is 2.98. The third-order valence-electron chi connectivity index (χ3n) is 3.98. The molecule has 0 aliphatic carbocycles. The molecule has 0 radical (unpaired) electrons. The Morgan fingerprint density at radius 1 is 1.32 bits per heavy atom. The summed E-state index contributed by atoms with van der Waals surface area (Å²) in [6.45, 7) is 1.27. The predicted octanol–water partition coefficient (Wildman–Crippen LogP) is 4.22. The SMILES string of the molecule is O=C(Cc1c(F)cccc1Cl)Nc1cccc(OC[C@@H]2CCCO2)c1. The van der Waals surface area contributed by atoms with Gasteiger partial charge >= 0.3 is 0 Å². The number of hydrogen-bond acceptors (Lipinski definition) is 3. The quantitative estimate of drug-likeness (QED) is 0.836. The zero-order valence-corrected chi connectivity index (χ0v) is 14.4. The first-order chi connectivity index (χ1) is 12.1. The van der Waals surface area contributed by atoms with Crippen LogP contribution < -0.4 is 10.1 Å². The molecule has 3 rings (SSSR count). The van der Waals surface area contributed by atoms with Crippen LogP contribution in [0.3, 0.4) is 0 Å². The van der Waals surface area contributed by atoms with E-state index in [1.165, 1.54) is 12.1 Å². The van der Waals surface area contributed by atoms with Crippen molar-refractivity contribution in [1.82, 2.24) is 0 Å². The minimum Gasteiger partial charge on any atom is -0.491 e. The third kappa shape index (κ3) is 4.94. The van der Waals surface area contributed by atoms with Gasteiger partial charge < -0.3 is 14.8 Å². The topological polar surface area (TPSA) is 47.6 Å². The molecular weight excluding hydrogens is 345 g/mol. The van der Waals surface area contributed by atoms with Crippen LogP contribution in [0.4, 0.5) is 10.1 Å². The fourth-order valence-electron chi connectivity index (χ4n) is 2.70. The number of nitrogens with one attached hydrogen (secondary N) is 1. The summed E-state index contributed by atoms with van der Waals surface area (Å²) in [6.07, 6.45) is 2.05. The maximum Gasteiger partial charge on any atom is 0.228 e. The molecule has 0 saturated carbocycles. The number of rotatable bonds is 6. The molecular formula is C19H19ClFNO3. The minimum absolute atomic E-state index is 0.126. The molecule has 1 amide bonds. The lowest BCUT2D eigenvalue weighted by Gasteiger charge is -2.13. The summed E-state index contributed by atoms with van der Waals surface area (Å²) in [6, 6.07) is 11.4. The highest BCUT2D eigenvalue weighted by Crippen LogP contribution is 2.22.